The SMILES string of the molecule is CCOC(=O)C1CCCN(C(=O)Nc2cccc([N+](=O)[O-])c2)C1. The fourth-order valence-electron chi connectivity index (χ4n) is 2.51. The number of amides is 2. The first-order valence-electron chi connectivity index (χ1n) is 7.48. The van der Waals surface area contributed by atoms with Crippen molar-refractivity contribution in [2.75, 3.05) is 25.0 Å². The van der Waals surface area contributed by atoms with Crippen LogP contribution in [0.3, 0.4) is 0 Å². The highest BCUT2D eigenvalue weighted by Gasteiger charge is 2.29. The smallest absolute Gasteiger partial charge is 0.321 e. The van der Waals surface area contributed by atoms with Crippen LogP contribution in [-0.2, 0) is 9.53 Å². The van der Waals surface area contributed by atoms with Crippen molar-refractivity contribution >= 4 is 23.4 Å². The third kappa shape index (κ3) is 4.41. The van der Waals surface area contributed by atoms with Gasteiger partial charge in [0.25, 0.3) is 5.69 Å². The average molecular weight is 321 g/mol. The number of esters is 1. The number of benzene rings is 1. The zero-order valence-electron chi connectivity index (χ0n) is 12.9. The fourth-order valence-corrected chi connectivity index (χ4v) is 2.51. The van der Waals surface area contributed by atoms with Gasteiger partial charge in [-0.05, 0) is 25.8 Å². The van der Waals surface area contributed by atoms with Gasteiger partial charge in [0.2, 0.25) is 0 Å². The molecule has 2 amide bonds. The van der Waals surface area contributed by atoms with Crippen LogP contribution in [0.5, 0.6) is 0 Å². The third-order valence-corrected chi connectivity index (χ3v) is 3.64. The molecule has 1 heterocycles. The summed E-state index contributed by atoms with van der Waals surface area (Å²) in [5.41, 5.74) is 0.258. The molecule has 0 bridgehead atoms. The van der Waals surface area contributed by atoms with Crippen LogP contribution >= 0.6 is 0 Å². The van der Waals surface area contributed by atoms with Crippen molar-refractivity contribution in [1.82, 2.24) is 4.90 Å². The van der Waals surface area contributed by atoms with Crippen molar-refractivity contribution in [1.29, 1.82) is 0 Å². The summed E-state index contributed by atoms with van der Waals surface area (Å²) < 4.78 is 5.00. The molecule has 1 saturated heterocycles. The zero-order chi connectivity index (χ0) is 16.8. The van der Waals surface area contributed by atoms with Gasteiger partial charge in [0.1, 0.15) is 0 Å². The lowest BCUT2D eigenvalue weighted by molar-refractivity contribution is -0.384. The number of nitro groups is 1. The molecule has 1 aliphatic heterocycles. The molecule has 8 nitrogen and oxygen atoms in total. The number of hydrogen-bond donors (Lipinski definition) is 1. The summed E-state index contributed by atoms with van der Waals surface area (Å²) >= 11 is 0. The second-order valence-corrected chi connectivity index (χ2v) is 5.27. The third-order valence-electron chi connectivity index (χ3n) is 3.64. The minimum Gasteiger partial charge on any atom is -0.466 e. The standard InChI is InChI=1S/C15H19N3O5/c1-2-23-14(19)11-5-4-8-17(10-11)15(20)16-12-6-3-7-13(9-12)18(21)22/h3,6-7,9,11H,2,4-5,8,10H2,1H3,(H,16,20). The first kappa shape index (κ1) is 16.7. The number of carbonyl (C=O) groups excluding carboxylic acids is 2. The lowest BCUT2D eigenvalue weighted by Crippen LogP contribution is -2.44. The Bertz CT molecular complexity index is 605. The number of nitrogens with zero attached hydrogens (tertiary/aromatic N) is 2. The summed E-state index contributed by atoms with van der Waals surface area (Å²) in [5, 5.41) is 13.4. The van der Waals surface area contributed by atoms with Gasteiger partial charge in [-0.15, -0.1) is 0 Å². The molecule has 1 unspecified atom stereocenters. The zero-order valence-corrected chi connectivity index (χ0v) is 12.9. The van der Waals surface area contributed by atoms with E-state index in [1.54, 1.807) is 13.0 Å². The Morgan fingerprint density at radius 1 is 1.48 bits per heavy atom. The molecule has 0 aliphatic carbocycles. The molecule has 0 saturated carbocycles. The number of carbonyl (C=O) groups is 2. The number of nitro benzene ring substituents is 1. The number of piperidine rings is 1. The predicted molar refractivity (Wildman–Crippen MR) is 83.0 cm³/mol. The Morgan fingerprint density at radius 2 is 2.26 bits per heavy atom. The van der Waals surface area contributed by atoms with Gasteiger partial charge in [-0.2, -0.15) is 0 Å². The van der Waals surface area contributed by atoms with Crippen LogP contribution in [0, 0.1) is 16.0 Å². The molecule has 1 aromatic carbocycles. The summed E-state index contributed by atoms with van der Waals surface area (Å²) in [6.45, 7) is 2.89. The Balaban J connectivity index is 1.98. The van der Waals surface area contributed by atoms with Crippen molar-refractivity contribution in [3.63, 3.8) is 0 Å². The Morgan fingerprint density at radius 3 is 2.96 bits per heavy atom. The molecule has 1 N–H and O–H groups in total. The van der Waals surface area contributed by atoms with E-state index in [1.165, 1.54) is 23.1 Å². The van der Waals surface area contributed by atoms with Gasteiger partial charge in [-0.3, -0.25) is 14.9 Å². The highest BCUT2D eigenvalue weighted by atomic mass is 16.6. The number of ether oxygens (including phenoxy) is 1. The Hall–Kier alpha value is -2.64. The molecule has 1 aliphatic rings. The van der Waals surface area contributed by atoms with Crippen LogP contribution in [0.2, 0.25) is 0 Å². The van der Waals surface area contributed by atoms with Crippen molar-refractivity contribution in [3.05, 3.63) is 34.4 Å². The van der Waals surface area contributed by atoms with Crippen LogP contribution in [-0.4, -0.2) is 41.5 Å². The Labute approximate surface area is 133 Å². The summed E-state index contributed by atoms with van der Waals surface area (Å²) in [4.78, 5) is 35.8. The van der Waals surface area contributed by atoms with E-state index >= 15 is 0 Å². The van der Waals surface area contributed by atoms with Crippen molar-refractivity contribution in [2.45, 2.75) is 19.8 Å². The van der Waals surface area contributed by atoms with Gasteiger partial charge in [0, 0.05) is 30.9 Å². The van der Waals surface area contributed by atoms with Crippen molar-refractivity contribution in [2.24, 2.45) is 5.92 Å². The fraction of sp³-hybridized carbons (Fsp3) is 0.467. The highest BCUT2D eigenvalue weighted by molar-refractivity contribution is 5.90. The number of non-ortho nitro benzene ring substituents is 1. The number of anilines is 1. The second-order valence-electron chi connectivity index (χ2n) is 5.27. The summed E-state index contributed by atoms with van der Waals surface area (Å²) in [7, 11) is 0. The number of hydrogen-bond acceptors (Lipinski definition) is 5. The van der Waals surface area contributed by atoms with E-state index in [0.717, 1.165) is 0 Å². The van der Waals surface area contributed by atoms with Crippen LogP contribution in [0.1, 0.15) is 19.8 Å². The molecule has 23 heavy (non-hydrogen) atoms. The van der Waals surface area contributed by atoms with Gasteiger partial charge < -0.3 is 15.0 Å². The van der Waals surface area contributed by atoms with E-state index in [1.807, 2.05) is 0 Å². The lowest BCUT2D eigenvalue weighted by Gasteiger charge is -2.31. The van der Waals surface area contributed by atoms with E-state index in [2.05, 4.69) is 5.32 Å². The van der Waals surface area contributed by atoms with Gasteiger partial charge in [0.15, 0.2) is 0 Å². The van der Waals surface area contributed by atoms with Crippen LogP contribution in [0.15, 0.2) is 24.3 Å². The van der Waals surface area contributed by atoms with E-state index in [0.29, 0.717) is 38.2 Å². The largest absolute Gasteiger partial charge is 0.466 e. The maximum atomic E-state index is 12.3. The minimum atomic E-state index is -0.521. The molecule has 1 aromatic rings. The summed E-state index contributed by atoms with van der Waals surface area (Å²) in [6.07, 6.45) is 1.41. The maximum absolute atomic E-state index is 12.3. The lowest BCUT2D eigenvalue weighted by atomic mass is 9.98. The van der Waals surface area contributed by atoms with E-state index < -0.39 is 4.92 Å². The van der Waals surface area contributed by atoms with Crippen LogP contribution in [0.25, 0.3) is 0 Å². The summed E-state index contributed by atoms with van der Waals surface area (Å²) in [5.74, 6) is -0.611. The maximum Gasteiger partial charge on any atom is 0.321 e. The molecule has 2 rings (SSSR count). The van der Waals surface area contributed by atoms with E-state index in [9.17, 15) is 19.7 Å². The van der Waals surface area contributed by atoms with Gasteiger partial charge >= 0.3 is 12.0 Å². The topological polar surface area (TPSA) is 102 Å². The molecule has 8 heteroatoms. The average Bonchev–Trinajstić information content (AvgIpc) is 2.55. The predicted octanol–water partition coefficient (Wildman–Crippen LogP) is 2.40. The Kier molecular flexibility index (Phi) is 5.51. The molecule has 1 atom stereocenters. The molecular weight excluding hydrogens is 302 g/mol. The van der Waals surface area contributed by atoms with Gasteiger partial charge in [0.05, 0.1) is 17.4 Å². The molecule has 0 radical (unpaired) electrons. The molecule has 1 fully saturated rings. The minimum absolute atomic E-state index is 0.0918. The molecule has 0 spiro atoms. The molecule has 0 aromatic heterocycles. The molecule has 124 valence electrons. The van der Waals surface area contributed by atoms with E-state index in [-0.39, 0.29) is 23.6 Å². The van der Waals surface area contributed by atoms with Gasteiger partial charge in [-0.25, -0.2) is 4.79 Å². The second kappa shape index (κ2) is 7.57. The van der Waals surface area contributed by atoms with Crippen molar-refractivity contribution < 1.29 is 19.2 Å². The van der Waals surface area contributed by atoms with Gasteiger partial charge in [-0.1, -0.05) is 6.07 Å². The quantitative estimate of drug-likeness (QED) is 0.521. The summed E-state index contributed by atoms with van der Waals surface area (Å²) in [6, 6.07) is 5.36. The molecular formula is C15H19N3O5. The monoisotopic (exact) mass is 321 g/mol. The highest BCUT2D eigenvalue weighted by Crippen LogP contribution is 2.21. The number of urea groups is 1. The van der Waals surface area contributed by atoms with Crippen LogP contribution in [0.4, 0.5) is 16.2 Å². The van der Waals surface area contributed by atoms with Crippen molar-refractivity contribution in [3.8, 4) is 0 Å². The number of nitrogens with one attached hydrogen (secondary N) is 1. The van der Waals surface area contributed by atoms with E-state index in [4.69, 9.17) is 4.74 Å². The first-order valence-corrected chi connectivity index (χ1v) is 7.48. The van der Waals surface area contributed by atoms with Crippen LogP contribution < -0.4 is 5.32 Å². The first-order chi connectivity index (χ1) is 11.0. The number of rotatable bonds is 4. The normalized spacial score (nSPS) is 17.4. The number of likely N-dealkylation sites (tertiary alicyclic amines) is 1.